The van der Waals surface area contributed by atoms with E-state index < -0.39 is 0 Å². The van der Waals surface area contributed by atoms with Crippen molar-refractivity contribution in [3.8, 4) is 11.5 Å². The third-order valence-electron chi connectivity index (χ3n) is 4.76. The number of piperidine rings is 1. The van der Waals surface area contributed by atoms with Crippen molar-refractivity contribution in [2.75, 3.05) is 13.1 Å². The number of hydrogen-bond donors (Lipinski definition) is 2. The summed E-state index contributed by atoms with van der Waals surface area (Å²) in [5.74, 6) is 0.264. The van der Waals surface area contributed by atoms with Gasteiger partial charge >= 0.3 is 0 Å². The molecule has 4 rings (SSSR count). The Morgan fingerprint density at radius 3 is 2.81 bits per heavy atom. The molecule has 1 aliphatic rings. The van der Waals surface area contributed by atoms with E-state index in [1.807, 2.05) is 13.0 Å². The second kappa shape index (κ2) is 6.30. The minimum atomic E-state index is -0.257. The quantitative estimate of drug-likeness (QED) is 0.719. The molecule has 1 fully saturated rings. The summed E-state index contributed by atoms with van der Waals surface area (Å²) in [6, 6.07) is 5.38. The van der Waals surface area contributed by atoms with Crippen molar-refractivity contribution in [3.63, 3.8) is 0 Å². The van der Waals surface area contributed by atoms with Gasteiger partial charge in [-0.05, 0) is 31.9 Å². The zero-order valence-electron chi connectivity index (χ0n) is 14.4. The lowest BCUT2D eigenvalue weighted by molar-refractivity contribution is 0.0683. The van der Waals surface area contributed by atoms with Gasteiger partial charge in [-0.2, -0.15) is 0 Å². The van der Waals surface area contributed by atoms with Gasteiger partial charge in [0.2, 0.25) is 0 Å². The van der Waals surface area contributed by atoms with Crippen LogP contribution in [0.2, 0.25) is 0 Å². The van der Waals surface area contributed by atoms with Crippen LogP contribution in [0.4, 0.5) is 0 Å². The summed E-state index contributed by atoms with van der Waals surface area (Å²) < 4.78 is 0.453. The fraction of sp³-hybridized carbons (Fsp3) is 0.333. The molecule has 0 bridgehead atoms. The summed E-state index contributed by atoms with van der Waals surface area (Å²) in [7, 11) is 0. The third kappa shape index (κ3) is 3.02. The average molecular weight is 369 g/mol. The molecule has 3 aromatic rings. The minimum Gasteiger partial charge on any atom is -0.338 e. The molecule has 1 aliphatic heterocycles. The zero-order valence-corrected chi connectivity index (χ0v) is 15.2. The number of fused-ring (bicyclic) bond motifs is 1. The van der Waals surface area contributed by atoms with Gasteiger partial charge in [0.15, 0.2) is 5.82 Å². The predicted molar refractivity (Wildman–Crippen MR) is 101 cm³/mol. The number of thiophene rings is 1. The second-order valence-electron chi connectivity index (χ2n) is 6.90. The van der Waals surface area contributed by atoms with Gasteiger partial charge in [-0.25, -0.2) is 4.98 Å². The minimum absolute atomic E-state index is 0.100. The van der Waals surface area contributed by atoms with E-state index in [1.165, 1.54) is 11.3 Å². The first-order valence-electron chi connectivity index (χ1n) is 8.46. The topological polar surface area (TPSA) is 105 Å². The number of pyridine rings is 1. The zero-order chi connectivity index (χ0) is 18.3. The summed E-state index contributed by atoms with van der Waals surface area (Å²) >= 11 is 1.24. The number of aromatic amines is 1. The number of carbonyl (C=O) groups is 1. The van der Waals surface area contributed by atoms with Gasteiger partial charge in [-0.15, -0.1) is 11.3 Å². The lowest BCUT2D eigenvalue weighted by Gasteiger charge is -2.36. The average Bonchev–Trinajstić information content (AvgIpc) is 3.06. The molecule has 7 nitrogen and oxygen atoms in total. The maximum Gasteiger partial charge on any atom is 0.269 e. The van der Waals surface area contributed by atoms with Crippen molar-refractivity contribution in [3.05, 3.63) is 45.7 Å². The SMILES string of the molecule is CC1(N)CCN(C(=O)c2csc3c(=O)[nH]c(-c4ccccn4)nc23)CC1. The van der Waals surface area contributed by atoms with Crippen LogP contribution in [0, 0.1) is 0 Å². The molecule has 4 heterocycles. The van der Waals surface area contributed by atoms with Gasteiger partial charge in [-0.1, -0.05) is 6.07 Å². The lowest BCUT2D eigenvalue weighted by atomic mass is 9.91. The van der Waals surface area contributed by atoms with Crippen LogP contribution in [0.3, 0.4) is 0 Å². The molecule has 0 radical (unpaired) electrons. The molecular formula is C18H19N5O2S. The molecular weight excluding hydrogens is 350 g/mol. The number of H-pyrrole nitrogens is 1. The van der Waals surface area contributed by atoms with Crippen molar-refractivity contribution in [1.82, 2.24) is 19.9 Å². The number of nitrogens with two attached hydrogens (primary N) is 1. The molecule has 3 aromatic heterocycles. The van der Waals surface area contributed by atoms with Crippen LogP contribution in [0.25, 0.3) is 21.7 Å². The van der Waals surface area contributed by atoms with Gasteiger partial charge in [0, 0.05) is 30.2 Å². The van der Waals surface area contributed by atoms with Crippen LogP contribution in [0.5, 0.6) is 0 Å². The van der Waals surface area contributed by atoms with Gasteiger partial charge in [0.1, 0.15) is 15.9 Å². The molecule has 0 aliphatic carbocycles. The van der Waals surface area contributed by atoms with Gasteiger partial charge < -0.3 is 15.6 Å². The molecule has 0 atom stereocenters. The highest BCUT2D eigenvalue weighted by Gasteiger charge is 2.30. The number of nitrogens with one attached hydrogen (secondary N) is 1. The van der Waals surface area contributed by atoms with E-state index in [9.17, 15) is 9.59 Å². The number of rotatable bonds is 2. The van der Waals surface area contributed by atoms with E-state index in [0.717, 1.165) is 12.8 Å². The summed E-state index contributed by atoms with van der Waals surface area (Å²) in [5, 5.41) is 1.72. The van der Waals surface area contributed by atoms with Gasteiger partial charge in [-0.3, -0.25) is 14.6 Å². The molecule has 3 N–H and O–H groups in total. The Balaban J connectivity index is 1.73. The Bertz CT molecular complexity index is 1010. The van der Waals surface area contributed by atoms with Crippen LogP contribution in [0.1, 0.15) is 30.1 Å². The van der Waals surface area contributed by atoms with E-state index >= 15 is 0 Å². The molecule has 8 heteroatoms. The van der Waals surface area contributed by atoms with Crippen LogP contribution in [-0.2, 0) is 0 Å². The first kappa shape index (κ1) is 16.9. The molecule has 0 spiro atoms. The summed E-state index contributed by atoms with van der Waals surface area (Å²) in [5.41, 5.74) is 7.13. The standard InChI is InChI=1S/C18H19N5O2S/c1-18(19)5-8-23(9-6-18)17(25)11-10-26-14-13(11)21-15(22-16(14)24)12-4-2-3-7-20-12/h2-4,7,10H,5-6,8-9,19H2,1H3,(H,21,22,24). The largest absolute Gasteiger partial charge is 0.338 e. The van der Waals surface area contributed by atoms with E-state index in [4.69, 9.17) is 5.73 Å². The monoisotopic (exact) mass is 369 g/mol. The smallest absolute Gasteiger partial charge is 0.269 e. The van der Waals surface area contributed by atoms with Gasteiger partial charge in [0.25, 0.3) is 11.5 Å². The van der Waals surface area contributed by atoms with Crippen molar-refractivity contribution in [2.45, 2.75) is 25.3 Å². The van der Waals surface area contributed by atoms with Crippen molar-refractivity contribution < 1.29 is 4.79 Å². The number of carbonyl (C=O) groups excluding carboxylic acids is 1. The Morgan fingerprint density at radius 2 is 2.12 bits per heavy atom. The highest BCUT2D eigenvalue weighted by molar-refractivity contribution is 7.17. The normalized spacial score (nSPS) is 16.8. The van der Waals surface area contributed by atoms with Crippen molar-refractivity contribution in [1.29, 1.82) is 0 Å². The number of nitrogens with zero attached hydrogens (tertiary/aromatic N) is 3. The highest BCUT2D eigenvalue weighted by Crippen LogP contribution is 2.26. The van der Waals surface area contributed by atoms with Crippen molar-refractivity contribution in [2.24, 2.45) is 5.73 Å². The maximum atomic E-state index is 13.0. The lowest BCUT2D eigenvalue weighted by Crippen LogP contribution is -2.49. The molecule has 0 saturated carbocycles. The second-order valence-corrected chi connectivity index (χ2v) is 7.78. The van der Waals surface area contributed by atoms with Crippen LogP contribution in [0.15, 0.2) is 34.6 Å². The van der Waals surface area contributed by atoms with Crippen LogP contribution >= 0.6 is 11.3 Å². The van der Waals surface area contributed by atoms with E-state index in [0.29, 0.717) is 40.4 Å². The Morgan fingerprint density at radius 1 is 1.35 bits per heavy atom. The third-order valence-corrected chi connectivity index (χ3v) is 5.73. The first-order chi connectivity index (χ1) is 12.4. The summed E-state index contributed by atoms with van der Waals surface area (Å²) in [6.45, 7) is 3.23. The van der Waals surface area contributed by atoms with E-state index in [2.05, 4.69) is 15.0 Å². The highest BCUT2D eigenvalue weighted by atomic mass is 32.1. The maximum absolute atomic E-state index is 13.0. The first-order valence-corrected chi connectivity index (χ1v) is 9.34. The Labute approximate surface area is 153 Å². The fourth-order valence-electron chi connectivity index (χ4n) is 3.09. The van der Waals surface area contributed by atoms with Crippen LogP contribution < -0.4 is 11.3 Å². The number of hydrogen-bond acceptors (Lipinski definition) is 6. The fourth-order valence-corrected chi connectivity index (χ4v) is 3.97. The number of likely N-dealkylation sites (tertiary alicyclic amines) is 1. The summed E-state index contributed by atoms with van der Waals surface area (Å²) in [4.78, 5) is 38.7. The molecule has 0 unspecified atom stereocenters. The molecule has 0 aromatic carbocycles. The van der Waals surface area contributed by atoms with E-state index in [-0.39, 0.29) is 17.0 Å². The summed E-state index contributed by atoms with van der Waals surface area (Å²) in [6.07, 6.45) is 3.15. The Kier molecular flexibility index (Phi) is 4.08. The number of amides is 1. The Hall–Kier alpha value is -2.58. The predicted octanol–water partition coefficient (Wildman–Crippen LogP) is 2.00. The van der Waals surface area contributed by atoms with Crippen molar-refractivity contribution >= 4 is 27.5 Å². The van der Waals surface area contributed by atoms with Gasteiger partial charge in [0.05, 0.1) is 5.56 Å². The van der Waals surface area contributed by atoms with E-state index in [1.54, 1.807) is 28.6 Å². The van der Waals surface area contributed by atoms with Crippen LogP contribution in [-0.4, -0.2) is 44.4 Å². The molecule has 1 amide bonds. The molecule has 26 heavy (non-hydrogen) atoms. The molecule has 134 valence electrons. The number of aromatic nitrogens is 3. The molecule has 1 saturated heterocycles.